The first-order valence-electron chi connectivity index (χ1n) is 7.70. The Morgan fingerprint density at radius 2 is 2.13 bits per heavy atom. The van der Waals surface area contributed by atoms with E-state index in [1.54, 1.807) is 4.90 Å². The number of pyridine rings is 1. The predicted molar refractivity (Wildman–Crippen MR) is 87.4 cm³/mol. The van der Waals surface area contributed by atoms with E-state index in [9.17, 15) is 9.59 Å². The molecule has 120 valence electrons. The minimum absolute atomic E-state index is 0.248. The summed E-state index contributed by atoms with van der Waals surface area (Å²) in [6.45, 7) is 2.73. The van der Waals surface area contributed by atoms with Crippen molar-refractivity contribution in [3.63, 3.8) is 0 Å². The van der Waals surface area contributed by atoms with E-state index in [1.807, 2.05) is 37.3 Å². The van der Waals surface area contributed by atoms with Crippen LogP contribution in [-0.2, 0) is 4.79 Å². The Bertz CT molecular complexity index is 760. The van der Waals surface area contributed by atoms with Gasteiger partial charge in [0.2, 0.25) is 0 Å². The monoisotopic (exact) mass is 313 g/mol. The van der Waals surface area contributed by atoms with Crippen LogP contribution >= 0.6 is 0 Å². The van der Waals surface area contributed by atoms with Crippen molar-refractivity contribution in [1.29, 1.82) is 0 Å². The van der Waals surface area contributed by atoms with E-state index in [4.69, 9.17) is 5.11 Å². The molecule has 6 nitrogen and oxygen atoms in total. The number of aryl methyl sites for hydroxylation is 1. The molecule has 1 saturated heterocycles. The number of benzene rings is 1. The van der Waals surface area contributed by atoms with Crippen LogP contribution in [0.4, 0.5) is 10.5 Å². The summed E-state index contributed by atoms with van der Waals surface area (Å²) in [5, 5.41) is 13.0. The van der Waals surface area contributed by atoms with E-state index in [0.29, 0.717) is 25.1 Å². The molecule has 0 bridgehead atoms. The number of rotatable bonds is 2. The zero-order chi connectivity index (χ0) is 16.4. The normalized spacial score (nSPS) is 18.0. The number of fused-ring (bicyclic) bond motifs is 1. The molecule has 0 aliphatic carbocycles. The number of nitrogens with one attached hydrogen (secondary N) is 1. The Morgan fingerprint density at radius 1 is 1.30 bits per heavy atom. The van der Waals surface area contributed by atoms with Crippen LogP contribution in [0.25, 0.3) is 10.9 Å². The fraction of sp³-hybridized carbons (Fsp3) is 0.353. The van der Waals surface area contributed by atoms with Crippen molar-refractivity contribution in [3.05, 3.63) is 36.0 Å². The van der Waals surface area contributed by atoms with Crippen molar-refractivity contribution >= 4 is 28.6 Å². The summed E-state index contributed by atoms with van der Waals surface area (Å²) in [5.74, 6) is -1.33. The molecule has 2 amide bonds. The zero-order valence-electron chi connectivity index (χ0n) is 13.0. The van der Waals surface area contributed by atoms with E-state index < -0.39 is 11.9 Å². The van der Waals surface area contributed by atoms with Crippen molar-refractivity contribution in [2.75, 3.05) is 18.4 Å². The number of aromatic nitrogens is 1. The van der Waals surface area contributed by atoms with Gasteiger partial charge >= 0.3 is 12.0 Å². The highest BCUT2D eigenvalue weighted by molar-refractivity contribution is 5.99. The molecule has 1 aliphatic heterocycles. The molecule has 23 heavy (non-hydrogen) atoms. The summed E-state index contributed by atoms with van der Waals surface area (Å²) in [6, 6.07) is 9.24. The van der Waals surface area contributed by atoms with Gasteiger partial charge in [-0.1, -0.05) is 18.2 Å². The van der Waals surface area contributed by atoms with E-state index in [2.05, 4.69) is 10.3 Å². The van der Waals surface area contributed by atoms with Gasteiger partial charge in [0.15, 0.2) is 0 Å². The number of hydrogen-bond acceptors (Lipinski definition) is 3. The third-order valence-corrected chi connectivity index (χ3v) is 4.16. The van der Waals surface area contributed by atoms with Crippen molar-refractivity contribution in [1.82, 2.24) is 9.88 Å². The van der Waals surface area contributed by atoms with Gasteiger partial charge in [0.25, 0.3) is 0 Å². The molecule has 1 aromatic carbocycles. The summed E-state index contributed by atoms with van der Waals surface area (Å²) >= 11 is 0. The van der Waals surface area contributed by atoms with Gasteiger partial charge in [-0.2, -0.15) is 0 Å². The SMILES string of the molecule is Cc1ccc2cccc(NC(=O)N3CCCC(C(=O)O)C3)c2n1. The first-order chi connectivity index (χ1) is 11.0. The van der Waals surface area contributed by atoms with Gasteiger partial charge in [0, 0.05) is 24.2 Å². The second kappa shape index (κ2) is 6.24. The smallest absolute Gasteiger partial charge is 0.321 e. The molecule has 2 aromatic rings. The molecule has 1 aromatic heterocycles. The maximum Gasteiger partial charge on any atom is 0.321 e. The first kappa shape index (κ1) is 15.3. The number of urea groups is 1. The number of carboxylic acids is 1. The molecule has 6 heteroatoms. The number of carbonyl (C=O) groups is 2. The van der Waals surface area contributed by atoms with E-state index in [1.165, 1.54) is 0 Å². The van der Waals surface area contributed by atoms with Gasteiger partial charge in [-0.25, -0.2) is 4.79 Å². The third kappa shape index (κ3) is 3.26. The summed E-state index contributed by atoms with van der Waals surface area (Å²) < 4.78 is 0. The number of carboxylic acid groups (broad SMARTS) is 1. The van der Waals surface area contributed by atoms with Crippen molar-refractivity contribution < 1.29 is 14.7 Å². The lowest BCUT2D eigenvalue weighted by Crippen LogP contribution is -2.44. The topological polar surface area (TPSA) is 82.5 Å². The molecule has 2 N–H and O–H groups in total. The van der Waals surface area contributed by atoms with Gasteiger partial charge in [-0.05, 0) is 31.9 Å². The third-order valence-electron chi connectivity index (χ3n) is 4.16. The fourth-order valence-corrected chi connectivity index (χ4v) is 2.90. The van der Waals surface area contributed by atoms with Crippen LogP contribution < -0.4 is 5.32 Å². The molecule has 1 atom stereocenters. The van der Waals surface area contributed by atoms with Crippen LogP contribution in [0.3, 0.4) is 0 Å². The highest BCUT2D eigenvalue weighted by atomic mass is 16.4. The van der Waals surface area contributed by atoms with Crippen LogP contribution in [0.15, 0.2) is 30.3 Å². The summed E-state index contributed by atoms with van der Waals surface area (Å²) in [7, 11) is 0. The molecular formula is C17H19N3O3. The zero-order valence-corrected chi connectivity index (χ0v) is 13.0. The number of aliphatic carboxylic acids is 1. The van der Waals surface area contributed by atoms with Gasteiger partial charge in [0.05, 0.1) is 17.1 Å². The molecule has 3 rings (SSSR count). The maximum atomic E-state index is 12.5. The number of carbonyl (C=O) groups excluding carboxylic acids is 1. The second-order valence-corrected chi connectivity index (χ2v) is 5.88. The Morgan fingerprint density at radius 3 is 2.91 bits per heavy atom. The van der Waals surface area contributed by atoms with Crippen LogP contribution in [0.1, 0.15) is 18.5 Å². The van der Waals surface area contributed by atoms with Crippen LogP contribution in [0.5, 0.6) is 0 Å². The van der Waals surface area contributed by atoms with E-state index in [0.717, 1.165) is 16.6 Å². The number of likely N-dealkylation sites (tertiary alicyclic amines) is 1. The molecular weight excluding hydrogens is 294 g/mol. The molecule has 0 spiro atoms. The summed E-state index contributed by atoms with van der Waals surface area (Å²) in [5.41, 5.74) is 2.27. The predicted octanol–water partition coefficient (Wildman–Crippen LogP) is 2.87. The molecule has 1 aliphatic rings. The van der Waals surface area contributed by atoms with Gasteiger partial charge in [0.1, 0.15) is 0 Å². The minimum atomic E-state index is -0.843. The van der Waals surface area contributed by atoms with Crippen molar-refractivity contribution in [2.24, 2.45) is 5.92 Å². The second-order valence-electron chi connectivity index (χ2n) is 5.88. The van der Waals surface area contributed by atoms with Crippen LogP contribution in [-0.4, -0.2) is 40.1 Å². The average molecular weight is 313 g/mol. The number of piperidine rings is 1. The van der Waals surface area contributed by atoms with Gasteiger partial charge in [-0.15, -0.1) is 0 Å². The Kier molecular flexibility index (Phi) is 4.14. The Labute approximate surface area is 134 Å². The number of para-hydroxylation sites is 1. The lowest BCUT2D eigenvalue weighted by molar-refractivity contribution is -0.143. The molecule has 0 saturated carbocycles. The number of amides is 2. The average Bonchev–Trinajstić information content (AvgIpc) is 2.55. The van der Waals surface area contributed by atoms with Crippen molar-refractivity contribution in [3.8, 4) is 0 Å². The van der Waals surface area contributed by atoms with Crippen LogP contribution in [0, 0.1) is 12.8 Å². The van der Waals surface area contributed by atoms with Gasteiger partial charge < -0.3 is 15.3 Å². The highest BCUT2D eigenvalue weighted by Crippen LogP contribution is 2.23. The minimum Gasteiger partial charge on any atom is -0.481 e. The van der Waals surface area contributed by atoms with E-state index in [-0.39, 0.29) is 12.6 Å². The molecule has 0 radical (unpaired) electrons. The largest absolute Gasteiger partial charge is 0.481 e. The van der Waals surface area contributed by atoms with Crippen LogP contribution in [0.2, 0.25) is 0 Å². The van der Waals surface area contributed by atoms with Crippen molar-refractivity contribution in [2.45, 2.75) is 19.8 Å². The van der Waals surface area contributed by atoms with E-state index >= 15 is 0 Å². The standard InChI is InChI=1S/C17H19N3O3/c1-11-7-8-12-4-2-6-14(15(12)18-11)19-17(23)20-9-3-5-13(10-20)16(21)22/h2,4,6-8,13H,3,5,9-10H2,1H3,(H,19,23)(H,21,22). The summed E-state index contributed by atoms with van der Waals surface area (Å²) in [6.07, 6.45) is 1.32. The molecule has 2 heterocycles. The Hall–Kier alpha value is -2.63. The number of hydrogen-bond donors (Lipinski definition) is 2. The highest BCUT2D eigenvalue weighted by Gasteiger charge is 2.28. The summed E-state index contributed by atoms with van der Waals surface area (Å²) in [4.78, 5) is 29.6. The number of anilines is 1. The molecule has 1 unspecified atom stereocenters. The number of nitrogens with zero attached hydrogens (tertiary/aromatic N) is 2. The van der Waals surface area contributed by atoms with Gasteiger partial charge in [-0.3, -0.25) is 9.78 Å². The molecule has 1 fully saturated rings. The maximum absolute atomic E-state index is 12.5. The first-order valence-corrected chi connectivity index (χ1v) is 7.70. The lowest BCUT2D eigenvalue weighted by atomic mass is 9.99. The quantitative estimate of drug-likeness (QED) is 0.893. The lowest BCUT2D eigenvalue weighted by Gasteiger charge is -2.30. The fourth-order valence-electron chi connectivity index (χ4n) is 2.90. The Balaban J connectivity index is 1.80.